The summed E-state index contributed by atoms with van der Waals surface area (Å²) in [5, 5.41) is 11.1. The molecule has 0 saturated heterocycles. The Morgan fingerprint density at radius 2 is 1.57 bits per heavy atom. The number of carbonyl (C=O) groups is 2. The molecule has 0 aliphatic carbocycles. The van der Waals surface area contributed by atoms with Crippen LogP contribution >= 0.6 is 11.6 Å². The van der Waals surface area contributed by atoms with Crippen molar-refractivity contribution in [2.45, 2.75) is 6.10 Å². The normalized spacial score (nSPS) is 13.6. The van der Waals surface area contributed by atoms with Crippen LogP contribution in [0.4, 0.5) is 4.39 Å². The highest BCUT2D eigenvalue weighted by Gasteiger charge is 2.34. The van der Waals surface area contributed by atoms with Gasteiger partial charge in [0.1, 0.15) is 11.9 Å². The third kappa shape index (κ3) is 3.59. The number of rotatable bonds is 3. The highest BCUT2D eigenvalue weighted by atomic mass is 35.5. The number of imide groups is 1. The summed E-state index contributed by atoms with van der Waals surface area (Å²) in [7, 11) is 0. The lowest BCUT2D eigenvalue weighted by atomic mass is 9.96. The molecule has 2 amide bonds. The summed E-state index contributed by atoms with van der Waals surface area (Å²) in [4.78, 5) is 25.9. The summed E-state index contributed by atoms with van der Waals surface area (Å²) in [6, 6.07) is 17.2. The van der Waals surface area contributed by atoms with Gasteiger partial charge in [-0.3, -0.25) is 14.5 Å². The van der Waals surface area contributed by atoms with E-state index in [1.165, 1.54) is 24.3 Å². The van der Waals surface area contributed by atoms with Crippen LogP contribution in [0.3, 0.4) is 0 Å². The Bertz CT molecular complexity index is 1190. The molecule has 1 atom stereocenters. The average Bonchev–Trinajstić information content (AvgIpc) is 2.99. The molecule has 3 aromatic carbocycles. The minimum Gasteiger partial charge on any atom is -0.384 e. The van der Waals surface area contributed by atoms with Crippen molar-refractivity contribution in [3.8, 4) is 11.8 Å². The molecule has 6 heteroatoms. The van der Waals surface area contributed by atoms with Crippen LogP contribution in [0.15, 0.2) is 66.7 Å². The van der Waals surface area contributed by atoms with Crippen LogP contribution in [-0.2, 0) is 0 Å². The molecule has 0 fully saturated rings. The molecule has 148 valence electrons. The van der Waals surface area contributed by atoms with Crippen LogP contribution < -0.4 is 0 Å². The van der Waals surface area contributed by atoms with Gasteiger partial charge in [-0.1, -0.05) is 53.8 Å². The van der Waals surface area contributed by atoms with E-state index in [-0.39, 0.29) is 12.1 Å². The van der Waals surface area contributed by atoms with Crippen LogP contribution in [0.1, 0.15) is 43.5 Å². The minimum atomic E-state index is -1.27. The molecule has 0 spiro atoms. The van der Waals surface area contributed by atoms with Gasteiger partial charge in [-0.05, 0) is 36.4 Å². The first kappa shape index (κ1) is 19.8. The number of amides is 2. The highest BCUT2D eigenvalue weighted by molar-refractivity contribution is 6.30. The third-order valence-electron chi connectivity index (χ3n) is 4.85. The van der Waals surface area contributed by atoms with E-state index in [2.05, 4.69) is 11.8 Å². The van der Waals surface area contributed by atoms with E-state index >= 15 is 0 Å². The zero-order valence-corrected chi connectivity index (χ0v) is 16.4. The van der Waals surface area contributed by atoms with Crippen molar-refractivity contribution in [2.24, 2.45) is 0 Å². The Morgan fingerprint density at radius 3 is 2.23 bits per heavy atom. The lowest BCUT2D eigenvalue weighted by Crippen LogP contribution is -2.30. The second-order valence-corrected chi connectivity index (χ2v) is 7.14. The van der Waals surface area contributed by atoms with Crippen LogP contribution in [-0.4, -0.2) is 28.4 Å². The van der Waals surface area contributed by atoms with Gasteiger partial charge in [-0.15, -0.1) is 0 Å². The van der Waals surface area contributed by atoms with Crippen molar-refractivity contribution in [1.82, 2.24) is 4.90 Å². The van der Waals surface area contributed by atoms with E-state index in [1.54, 1.807) is 42.5 Å². The summed E-state index contributed by atoms with van der Waals surface area (Å²) >= 11 is 6.06. The fourth-order valence-corrected chi connectivity index (χ4v) is 3.52. The molecule has 4 rings (SSSR count). The Labute approximate surface area is 177 Å². The fraction of sp³-hybridized carbons (Fsp3) is 0.0833. The Hall–Kier alpha value is -3.46. The molecule has 0 bridgehead atoms. The van der Waals surface area contributed by atoms with E-state index in [9.17, 15) is 19.1 Å². The van der Waals surface area contributed by atoms with Gasteiger partial charge in [-0.25, -0.2) is 4.39 Å². The number of carbonyl (C=O) groups excluding carboxylic acids is 2. The topological polar surface area (TPSA) is 57.6 Å². The lowest BCUT2D eigenvalue weighted by molar-refractivity contribution is 0.0675. The first-order valence-corrected chi connectivity index (χ1v) is 9.51. The third-order valence-corrected chi connectivity index (χ3v) is 5.08. The number of hydrogen-bond donors (Lipinski definition) is 1. The molecule has 4 nitrogen and oxygen atoms in total. The monoisotopic (exact) mass is 419 g/mol. The standard InChI is InChI=1S/C24H15ClFNO3/c25-16-12-11-15(20(14-16)22(28)19-9-3-4-10-21(19)26)6-5-13-27-23(29)17-7-1-2-8-18(17)24(27)30/h1-4,7-12,14,22,28H,13H2. The Kier molecular flexibility index (Phi) is 5.37. The van der Waals surface area contributed by atoms with Crippen molar-refractivity contribution in [3.63, 3.8) is 0 Å². The summed E-state index contributed by atoms with van der Waals surface area (Å²) in [6.45, 7) is -0.107. The van der Waals surface area contributed by atoms with Crippen LogP contribution in [0.5, 0.6) is 0 Å². The molecular formula is C24H15ClFNO3. The van der Waals surface area contributed by atoms with E-state index in [0.29, 0.717) is 27.3 Å². The second kappa shape index (κ2) is 8.11. The molecule has 0 aromatic heterocycles. The largest absolute Gasteiger partial charge is 0.384 e. The van der Waals surface area contributed by atoms with Gasteiger partial charge in [0.2, 0.25) is 0 Å². The SMILES string of the molecule is O=C1c2ccccc2C(=O)N1CC#Cc1ccc(Cl)cc1C(O)c1ccccc1F. The van der Waals surface area contributed by atoms with E-state index in [0.717, 1.165) is 4.90 Å². The molecule has 30 heavy (non-hydrogen) atoms. The number of benzene rings is 3. The zero-order valence-electron chi connectivity index (χ0n) is 15.6. The van der Waals surface area contributed by atoms with Crippen molar-refractivity contribution in [3.05, 3.63) is 105 Å². The Balaban J connectivity index is 1.62. The number of hydrogen-bond acceptors (Lipinski definition) is 3. The average molecular weight is 420 g/mol. The van der Waals surface area contributed by atoms with Crippen LogP contribution in [0.2, 0.25) is 5.02 Å². The van der Waals surface area contributed by atoms with Gasteiger partial charge in [0, 0.05) is 21.7 Å². The fourth-order valence-electron chi connectivity index (χ4n) is 3.33. The zero-order chi connectivity index (χ0) is 21.3. The first-order chi connectivity index (χ1) is 14.5. The Morgan fingerprint density at radius 1 is 0.933 bits per heavy atom. The minimum absolute atomic E-state index is 0.100. The van der Waals surface area contributed by atoms with Crippen LogP contribution in [0.25, 0.3) is 0 Å². The molecule has 1 N–H and O–H groups in total. The second-order valence-electron chi connectivity index (χ2n) is 6.70. The smallest absolute Gasteiger partial charge is 0.262 e. The molecule has 1 unspecified atom stereocenters. The molecule has 1 heterocycles. The molecule has 1 aliphatic rings. The van der Waals surface area contributed by atoms with Gasteiger partial charge in [-0.2, -0.15) is 0 Å². The summed E-state index contributed by atoms with van der Waals surface area (Å²) in [5.41, 5.74) is 1.57. The number of halogens is 2. The van der Waals surface area contributed by atoms with E-state index in [4.69, 9.17) is 11.6 Å². The highest BCUT2D eigenvalue weighted by Crippen LogP contribution is 2.29. The lowest BCUT2D eigenvalue weighted by Gasteiger charge is -2.15. The van der Waals surface area contributed by atoms with E-state index in [1.807, 2.05) is 0 Å². The molecular weight excluding hydrogens is 405 g/mol. The summed E-state index contributed by atoms with van der Waals surface area (Å²) in [5.74, 6) is 4.34. The molecule has 0 radical (unpaired) electrons. The van der Waals surface area contributed by atoms with Crippen molar-refractivity contribution < 1.29 is 19.1 Å². The van der Waals surface area contributed by atoms with Gasteiger partial charge >= 0.3 is 0 Å². The molecule has 3 aromatic rings. The number of nitrogens with zero attached hydrogens (tertiary/aromatic N) is 1. The van der Waals surface area contributed by atoms with Crippen molar-refractivity contribution in [2.75, 3.05) is 6.54 Å². The first-order valence-electron chi connectivity index (χ1n) is 9.13. The maximum absolute atomic E-state index is 14.1. The van der Waals surface area contributed by atoms with Gasteiger partial charge < -0.3 is 5.11 Å². The molecule has 0 saturated carbocycles. The number of aliphatic hydroxyl groups excluding tert-OH is 1. The van der Waals surface area contributed by atoms with Crippen molar-refractivity contribution >= 4 is 23.4 Å². The number of aliphatic hydroxyl groups is 1. The summed E-state index contributed by atoms with van der Waals surface area (Å²) in [6.07, 6.45) is -1.27. The maximum atomic E-state index is 14.1. The quantitative estimate of drug-likeness (QED) is 0.511. The predicted molar refractivity (Wildman–Crippen MR) is 111 cm³/mol. The predicted octanol–water partition coefficient (Wildman–Crippen LogP) is 4.21. The van der Waals surface area contributed by atoms with Gasteiger partial charge in [0.15, 0.2) is 0 Å². The van der Waals surface area contributed by atoms with Gasteiger partial charge in [0.05, 0.1) is 17.7 Å². The van der Waals surface area contributed by atoms with E-state index < -0.39 is 23.7 Å². The molecule has 1 aliphatic heterocycles. The number of fused-ring (bicyclic) bond motifs is 1. The maximum Gasteiger partial charge on any atom is 0.262 e. The summed E-state index contributed by atoms with van der Waals surface area (Å²) < 4.78 is 14.1. The van der Waals surface area contributed by atoms with Crippen molar-refractivity contribution in [1.29, 1.82) is 0 Å². The van der Waals surface area contributed by atoms with Gasteiger partial charge in [0.25, 0.3) is 11.8 Å². The van der Waals surface area contributed by atoms with Crippen LogP contribution in [0, 0.1) is 17.7 Å².